The van der Waals surface area contributed by atoms with Crippen LogP contribution < -0.4 is 4.31 Å². The minimum atomic E-state index is -3.78. The maximum Gasteiger partial charge on any atom is 0.337 e. The molecule has 0 unspecified atom stereocenters. The number of sulfonamides is 1. The lowest BCUT2D eigenvalue weighted by Gasteiger charge is -2.30. The summed E-state index contributed by atoms with van der Waals surface area (Å²) in [6, 6.07) is 14.8. The molecule has 0 atom stereocenters. The van der Waals surface area contributed by atoms with Gasteiger partial charge in [-0.15, -0.1) is 0 Å². The van der Waals surface area contributed by atoms with Crippen LogP contribution in [0.1, 0.15) is 10.4 Å². The molecule has 3 rings (SSSR count). The van der Waals surface area contributed by atoms with Crippen molar-refractivity contribution in [2.45, 2.75) is 4.90 Å². The Morgan fingerprint density at radius 3 is 2.32 bits per heavy atom. The van der Waals surface area contributed by atoms with Crippen molar-refractivity contribution in [3.63, 3.8) is 0 Å². The monoisotopic (exact) mass is 404 g/mol. The molecule has 7 nitrogen and oxygen atoms in total. The molecule has 0 radical (unpaired) electrons. The van der Waals surface area contributed by atoms with Crippen molar-refractivity contribution < 1.29 is 22.7 Å². The van der Waals surface area contributed by atoms with E-state index in [-0.39, 0.29) is 4.90 Å². The zero-order valence-electron chi connectivity index (χ0n) is 15.8. The SMILES string of the molecule is COC(=O)c1ccc(S(=O)(=O)N(CCN2CCOCC2)c2ccccc2)cc1. The van der Waals surface area contributed by atoms with E-state index in [1.165, 1.54) is 35.7 Å². The highest BCUT2D eigenvalue weighted by molar-refractivity contribution is 7.92. The lowest BCUT2D eigenvalue weighted by atomic mass is 10.2. The van der Waals surface area contributed by atoms with Gasteiger partial charge in [0.15, 0.2) is 0 Å². The van der Waals surface area contributed by atoms with Gasteiger partial charge in [-0.1, -0.05) is 18.2 Å². The van der Waals surface area contributed by atoms with Gasteiger partial charge in [-0.2, -0.15) is 0 Å². The molecule has 0 aliphatic carbocycles. The van der Waals surface area contributed by atoms with Crippen LogP contribution in [0.4, 0.5) is 5.69 Å². The fourth-order valence-electron chi connectivity index (χ4n) is 3.05. The van der Waals surface area contributed by atoms with Gasteiger partial charge in [0.2, 0.25) is 0 Å². The molecule has 1 aliphatic heterocycles. The van der Waals surface area contributed by atoms with E-state index in [0.717, 1.165) is 13.1 Å². The van der Waals surface area contributed by atoms with Crippen LogP contribution in [0.5, 0.6) is 0 Å². The number of hydrogen-bond acceptors (Lipinski definition) is 6. The van der Waals surface area contributed by atoms with Crippen molar-refractivity contribution in [3.8, 4) is 0 Å². The van der Waals surface area contributed by atoms with Crippen LogP contribution in [0.2, 0.25) is 0 Å². The number of para-hydroxylation sites is 1. The summed E-state index contributed by atoms with van der Waals surface area (Å²) in [5.74, 6) is -0.504. The Labute approximate surface area is 165 Å². The molecule has 1 fully saturated rings. The first kappa shape index (κ1) is 20.3. The van der Waals surface area contributed by atoms with Gasteiger partial charge in [-0.05, 0) is 36.4 Å². The molecule has 28 heavy (non-hydrogen) atoms. The Kier molecular flexibility index (Phi) is 6.66. The number of carbonyl (C=O) groups excluding carboxylic acids is 1. The molecule has 1 aliphatic rings. The quantitative estimate of drug-likeness (QED) is 0.657. The summed E-state index contributed by atoms with van der Waals surface area (Å²) in [5.41, 5.74) is 0.911. The summed E-state index contributed by atoms with van der Waals surface area (Å²) in [4.78, 5) is 13.9. The maximum atomic E-state index is 13.3. The second-order valence-electron chi connectivity index (χ2n) is 6.38. The van der Waals surface area contributed by atoms with Crippen molar-refractivity contribution in [2.24, 2.45) is 0 Å². The minimum absolute atomic E-state index is 0.131. The first-order valence-electron chi connectivity index (χ1n) is 9.08. The fraction of sp³-hybridized carbons (Fsp3) is 0.350. The number of carbonyl (C=O) groups is 1. The Morgan fingerprint density at radius 1 is 1.07 bits per heavy atom. The molecule has 2 aromatic rings. The lowest BCUT2D eigenvalue weighted by Crippen LogP contribution is -2.43. The van der Waals surface area contributed by atoms with Gasteiger partial charge < -0.3 is 9.47 Å². The average Bonchev–Trinajstić information content (AvgIpc) is 2.75. The van der Waals surface area contributed by atoms with Gasteiger partial charge in [-0.3, -0.25) is 9.21 Å². The largest absolute Gasteiger partial charge is 0.465 e. The molecule has 0 amide bonds. The smallest absolute Gasteiger partial charge is 0.337 e. The average molecular weight is 404 g/mol. The van der Waals surface area contributed by atoms with Gasteiger partial charge in [-0.25, -0.2) is 13.2 Å². The Balaban J connectivity index is 1.86. The molecule has 2 aromatic carbocycles. The Morgan fingerprint density at radius 2 is 1.71 bits per heavy atom. The molecule has 1 saturated heterocycles. The van der Waals surface area contributed by atoms with Crippen molar-refractivity contribution in [1.82, 2.24) is 4.90 Å². The highest BCUT2D eigenvalue weighted by Crippen LogP contribution is 2.24. The number of morpholine rings is 1. The van der Waals surface area contributed by atoms with Crippen LogP contribution in [0.15, 0.2) is 59.5 Å². The third-order valence-electron chi connectivity index (χ3n) is 4.63. The summed E-state index contributed by atoms with van der Waals surface area (Å²) in [7, 11) is -2.49. The van der Waals surface area contributed by atoms with Crippen LogP contribution in [-0.4, -0.2) is 65.8 Å². The minimum Gasteiger partial charge on any atom is -0.465 e. The van der Waals surface area contributed by atoms with Gasteiger partial charge in [0.1, 0.15) is 0 Å². The summed E-state index contributed by atoms with van der Waals surface area (Å²) in [6.45, 7) is 3.83. The van der Waals surface area contributed by atoms with E-state index in [1.807, 2.05) is 18.2 Å². The van der Waals surface area contributed by atoms with Gasteiger partial charge in [0, 0.05) is 26.2 Å². The van der Waals surface area contributed by atoms with Crippen molar-refractivity contribution >= 4 is 21.7 Å². The van der Waals surface area contributed by atoms with E-state index in [4.69, 9.17) is 4.74 Å². The first-order valence-corrected chi connectivity index (χ1v) is 10.5. The highest BCUT2D eigenvalue weighted by Gasteiger charge is 2.26. The van der Waals surface area contributed by atoms with E-state index in [0.29, 0.717) is 37.6 Å². The van der Waals surface area contributed by atoms with Gasteiger partial charge in [0.05, 0.1) is 36.5 Å². The number of hydrogen-bond donors (Lipinski definition) is 0. The number of methoxy groups -OCH3 is 1. The van der Waals surface area contributed by atoms with Crippen LogP contribution in [-0.2, 0) is 19.5 Å². The van der Waals surface area contributed by atoms with Crippen LogP contribution in [0, 0.1) is 0 Å². The Bertz CT molecular complexity index is 879. The maximum absolute atomic E-state index is 13.3. The number of anilines is 1. The number of benzene rings is 2. The molecule has 1 heterocycles. The van der Waals surface area contributed by atoms with Crippen molar-refractivity contribution in [3.05, 3.63) is 60.2 Å². The summed E-state index contributed by atoms with van der Waals surface area (Å²) in [6.07, 6.45) is 0. The van der Waals surface area contributed by atoms with E-state index >= 15 is 0 Å². The molecular weight excluding hydrogens is 380 g/mol. The Hall–Kier alpha value is -2.42. The molecule has 150 valence electrons. The third-order valence-corrected chi connectivity index (χ3v) is 6.47. The predicted molar refractivity (Wildman–Crippen MR) is 106 cm³/mol. The number of rotatable bonds is 7. The van der Waals surface area contributed by atoms with Gasteiger partial charge >= 0.3 is 5.97 Å². The van der Waals surface area contributed by atoms with E-state index in [1.54, 1.807) is 12.1 Å². The fourth-order valence-corrected chi connectivity index (χ4v) is 4.50. The van der Waals surface area contributed by atoms with E-state index < -0.39 is 16.0 Å². The summed E-state index contributed by atoms with van der Waals surface area (Å²) >= 11 is 0. The molecule has 0 N–H and O–H groups in total. The second-order valence-corrected chi connectivity index (χ2v) is 8.25. The zero-order chi connectivity index (χ0) is 20.0. The standard InChI is InChI=1S/C20H24N2O5S/c1-26-20(23)17-7-9-19(10-8-17)28(24,25)22(18-5-3-2-4-6-18)12-11-21-13-15-27-16-14-21/h2-10H,11-16H2,1H3. The highest BCUT2D eigenvalue weighted by atomic mass is 32.2. The van der Waals surface area contributed by atoms with Crippen LogP contribution in [0.3, 0.4) is 0 Å². The number of nitrogens with zero attached hydrogens (tertiary/aromatic N) is 2. The van der Waals surface area contributed by atoms with Gasteiger partial charge in [0.25, 0.3) is 10.0 Å². The first-order chi connectivity index (χ1) is 13.5. The third kappa shape index (κ3) is 4.70. The molecule has 0 saturated carbocycles. The number of esters is 1. The normalized spacial score (nSPS) is 15.2. The topological polar surface area (TPSA) is 76.2 Å². The molecule has 0 bridgehead atoms. The second kappa shape index (κ2) is 9.18. The van der Waals surface area contributed by atoms with E-state index in [2.05, 4.69) is 9.64 Å². The van der Waals surface area contributed by atoms with Crippen molar-refractivity contribution in [1.29, 1.82) is 0 Å². The van der Waals surface area contributed by atoms with Crippen LogP contribution in [0.25, 0.3) is 0 Å². The van der Waals surface area contributed by atoms with E-state index in [9.17, 15) is 13.2 Å². The molecule has 0 aromatic heterocycles. The molecule has 0 spiro atoms. The molecule has 8 heteroatoms. The lowest BCUT2D eigenvalue weighted by molar-refractivity contribution is 0.0395. The summed E-state index contributed by atoms with van der Waals surface area (Å²) in [5, 5.41) is 0. The molecular formula is C20H24N2O5S. The van der Waals surface area contributed by atoms with Crippen molar-refractivity contribution in [2.75, 3.05) is 50.8 Å². The van der Waals surface area contributed by atoms with Crippen LogP contribution >= 0.6 is 0 Å². The number of ether oxygens (including phenoxy) is 2. The predicted octanol–water partition coefficient (Wildman–Crippen LogP) is 2.00. The zero-order valence-corrected chi connectivity index (χ0v) is 16.6. The summed E-state index contributed by atoms with van der Waals surface area (Å²) < 4.78 is 38.1.